The summed E-state index contributed by atoms with van der Waals surface area (Å²) in [5.41, 5.74) is 1.28. The first-order valence-corrected chi connectivity index (χ1v) is 6.46. The van der Waals surface area contributed by atoms with Crippen molar-refractivity contribution in [3.63, 3.8) is 0 Å². The molecule has 0 bridgehead atoms. The predicted molar refractivity (Wildman–Crippen MR) is 89.1 cm³/mol. The molecule has 0 fully saturated rings. The molecule has 1 aromatic rings. The zero-order valence-corrected chi connectivity index (χ0v) is 13.7. The highest BCUT2D eigenvalue weighted by Crippen LogP contribution is 2.03. The molecular weight excluding hydrogens is 353 g/mol. The van der Waals surface area contributed by atoms with Gasteiger partial charge in [-0.05, 0) is 12.0 Å². The maximum atomic E-state index is 5.13. The van der Waals surface area contributed by atoms with Gasteiger partial charge in [0.1, 0.15) is 0 Å². The lowest BCUT2D eigenvalue weighted by Gasteiger charge is -2.29. The summed E-state index contributed by atoms with van der Waals surface area (Å²) >= 11 is 0. The minimum atomic E-state index is 0. The Balaban J connectivity index is 0.00000180. The number of hydrogen-bond donors (Lipinski definition) is 1. The van der Waals surface area contributed by atoms with E-state index in [4.69, 9.17) is 4.74 Å². The maximum absolute atomic E-state index is 5.13. The Morgan fingerprint density at radius 1 is 1.32 bits per heavy atom. The topological polar surface area (TPSA) is 36.9 Å². The van der Waals surface area contributed by atoms with Crippen molar-refractivity contribution < 1.29 is 4.74 Å². The highest BCUT2D eigenvalue weighted by molar-refractivity contribution is 14.0. The second-order valence-corrected chi connectivity index (χ2v) is 4.38. The van der Waals surface area contributed by atoms with Gasteiger partial charge in [-0.15, -0.1) is 24.0 Å². The standard InChI is InChI=1S/C14H21N3O.HI/c1-18-11-10-17-9-5-8-15-14(17)16-12-13-6-3-2-4-7-13;/h2-4,6-7H,5,8-12H2,1H3,(H,15,16);1H. The van der Waals surface area contributed by atoms with Gasteiger partial charge < -0.3 is 15.0 Å². The van der Waals surface area contributed by atoms with Crippen LogP contribution >= 0.6 is 24.0 Å². The van der Waals surface area contributed by atoms with E-state index in [0.717, 1.165) is 45.2 Å². The Morgan fingerprint density at radius 3 is 2.84 bits per heavy atom. The lowest BCUT2D eigenvalue weighted by Crippen LogP contribution is -2.45. The second kappa shape index (κ2) is 9.14. The Labute approximate surface area is 132 Å². The Morgan fingerprint density at radius 2 is 2.11 bits per heavy atom. The van der Waals surface area contributed by atoms with Crippen molar-refractivity contribution in [3.05, 3.63) is 35.9 Å². The van der Waals surface area contributed by atoms with Crippen molar-refractivity contribution in [3.8, 4) is 0 Å². The van der Waals surface area contributed by atoms with Gasteiger partial charge >= 0.3 is 0 Å². The molecule has 0 atom stereocenters. The van der Waals surface area contributed by atoms with E-state index in [2.05, 4.69) is 39.5 Å². The molecule has 106 valence electrons. The number of rotatable bonds is 5. The summed E-state index contributed by atoms with van der Waals surface area (Å²) in [7, 11) is 1.73. The molecule has 1 heterocycles. The fourth-order valence-electron chi connectivity index (χ4n) is 2.02. The first-order valence-electron chi connectivity index (χ1n) is 6.46. The lowest BCUT2D eigenvalue weighted by molar-refractivity contribution is 0.172. The smallest absolute Gasteiger partial charge is 0.194 e. The van der Waals surface area contributed by atoms with Gasteiger partial charge in [0.15, 0.2) is 5.96 Å². The molecule has 19 heavy (non-hydrogen) atoms. The molecule has 1 aliphatic heterocycles. The van der Waals surface area contributed by atoms with Gasteiger partial charge in [0.2, 0.25) is 0 Å². The average molecular weight is 375 g/mol. The molecule has 2 rings (SSSR count). The molecule has 0 unspecified atom stereocenters. The van der Waals surface area contributed by atoms with Gasteiger partial charge in [0.25, 0.3) is 0 Å². The zero-order chi connectivity index (χ0) is 12.6. The first-order chi connectivity index (χ1) is 8.90. The fraction of sp³-hybridized carbons (Fsp3) is 0.500. The molecule has 0 saturated heterocycles. The molecule has 0 spiro atoms. The number of aliphatic imine (C=N–C) groups is 1. The van der Waals surface area contributed by atoms with E-state index in [1.54, 1.807) is 7.11 Å². The molecule has 0 amide bonds. The van der Waals surface area contributed by atoms with Gasteiger partial charge in [-0.25, -0.2) is 0 Å². The Hall–Kier alpha value is -0.820. The Bertz CT molecular complexity index is 384. The van der Waals surface area contributed by atoms with Crippen LogP contribution in [0.1, 0.15) is 12.0 Å². The van der Waals surface area contributed by atoms with Crippen LogP contribution in [0.3, 0.4) is 0 Å². The van der Waals surface area contributed by atoms with Gasteiger partial charge in [0.05, 0.1) is 6.61 Å². The van der Waals surface area contributed by atoms with Crippen molar-refractivity contribution in [1.29, 1.82) is 0 Å². The molecule has 1 N–H and O–H groups in total. The van der Waals surface area contributed by atoms with Gasteiger partial charge in [0, 0.05) is 33.3 Å². The van der Waals surface area contributed by atoms with E-state index < -0.39 is 0 Å². The third kappa shape index (κ3) is 5.36. The minimum Gasteiger partial charge on any atom is -0.383 e. The number of ether oxygens (including phenoxy) is 1. The third-order valence-electron chi connectivity index (χ3n) is 3.01. The zero-order valence-electron chi connectivity index (χ0n) is 11.3. The summed E-state index contributed by atoms with van der Waals surface area (Å²) < 4.78 is 5.13. The van der Waals surface area contributed by atoms with Crippen LogP contribution in [-0.4, -0.2) is 44.2 Å². The second-order valence-electron chi connectivity index (χ2n) is 4.38. The first kappa shape index (κ1) is 16.2. The number of benzene rings is 1. The summed E-state index contributed by atoms with van der Waals surface area (Å²) in [5, 5.41) is 3.42. The molecular formula is C14H22IN3O. The summed E-state index contributed by atoms with van der Waals surface area (Å²) in [6.07, 6.45) is 1.13. The lowest BCUT2D eigenvalue weighted by atomic mass is 10.2. The fourth-order valence-corrected chi connectivity index (χ4v) is 2.02. The van der Waals surface area contributed by atoms with Crippen LogP contribution in [0.4, 0.5) is 0 Å². The molecule has 1 aromatic carbocycles. The van der Waals surface area contributed by atoms with Crippen LogP contribution in [0, 0.1) is 0 Å². The van der Waals surface area contributed by atoms with E-state index in [1.807, 2.05) is 6.07 Å². The van der Waals surface area contributed by atoms with Crippen molar-refractivity contribution in [2.75, 3.05) is 33.4 Å². The maximum Gasteiger partial charge on any atom is 0.194 e. The van der Waals surface area contributed by atoms with Gasteiger partial charge in [-0.3, -0.25) is 4.99 Å². The van der Waals surface area contributed by atoms with Crippen LogP contribution in [0.2, 0.25) is 0 Å². The van der Waals surface area contributed by atoms with E-state index in [9.17, 15) is 0 Å². The summed E-state index contributed by atoms with van der Waals surface area (Å²) in [5.74, 6) is 1.00. The minimum absolute atomic E-state index is 0. The number of halogens is 1. The normalized spacial score (nSPS) is 14.6. The average Bonchev–Trinajstić information content (AvgIpc) is 2.45. The monoisotopic (exact) mass is 375 g/mol. The number of guanidine groups is 1. The van der Waals surface area contributed by atoms with Crippen molar-refractivity contribution >= 4 is 29.9 Å². The predicted octanol–water partition coefficient (Wildman–Crippen LogP) is 2.10. The number of nitrogens with one attached hydrogen (secondary N) is 1. The SMILES string of the molecule is COCCN1CCCN=C1NCc1ccccc1.I. The molecule has 0 saturated carbocycles. The van der Waals surface area contributed by atoms with Crippen LogP contribution in [0.15, 0.2) is 35.3 Å². The number of nitrogens with zero attached hydrogens (tertiary/aromatic N) is 2. The summed E-state index contributed by atoms with van der Waals surface area (Å²) in [6.45, 7) is 4.44. The van der Waals surface area contributed by atoms with Crippen molar-refractivity contribution in [1.82, 2.24) is 10.2 Å². The van der Waals surface area contributed by atoms with E-state index in [0.29, 0.717) is 0 Å². The highest BCUT2D eigenvalue weighted by Gasteiger charge is 2.14. The van der Waals surface area contributed by atoms with Crippen LogP contribution in [-0.2, 0) is 11.3 Å². The number of methoxy groups -OCH3 is 1. The number of hydrogen-bond acceptors (Lipinski definition) is 4. The molecule has 1 aliphatic rings. The third-order valence-corrected chi connectivity index (χ3v) is 3.01. The van der Waals surface area contributed by atoms with Crippen LogP contribution < -0.4 is 5.32 Å². The van der Waals surface area contributed by atoms with Crippen molar-refractivity contribution in [2.45, 2.75) is 13.0 Å². The summed E-state index contributed by atoms with van der Waals surface area (Å²) in [4.78, 5) is 6.81. The summed E-state index contributed by atoms with van der Waals surface area (Å²) in [6, 6.07) is 10.4. The molecule has 4 nitrogen and oxygen atoms in total. The van der Waals surface area contributed by atoms with Crippen molar-refractivity contribution in [2.24, 2.45) is 4.99 Å². The molecule has 5 heteroatoms. The quantitative estimate of drug-likeness (QED) is 0.801. The van der Waals surface area contributed by atoms with Crippen LogP contribution in [0.25, 0.3) is 0 Å². The molecule has 0 aliphatic carbocycles. The molecule has 0 radical (unpaired) electrons. The Kier molecular flexibility index (Phi) is 7.81. The highest BCUT2D eigenvalue weighted by atomic mass is 127. The van der Waals surface area contributed by atoms with Gasteiger partial charge in [-0.2, -0.15) is 0 Å². The molecule has 0 aromatic heterocycles. The van der Waals surface area contributed by atoms with E-state index >= 15 is 0 Å². The van der Waals surface area contributed by atoms with Gasteiger partial charge in [-0.1, -0.05) is 30.3 Å². The van der Waals surface area contributed by atoms with Crippen LogP contribution in [0.5, 0.6) is 0 Å². The van der Waals surface area contributed by atoms with E-state index in [1.165, 1.54) is 5.56 Å². The van der Waals surface area contributed by atoms with E-state index in [-0.39, 0.29) is 24.0 Å². The largest absolute Gasteiger partial charge is 0.383 e.